The maximum Gasteiger partial charge on any atom is 0.257 e. The molecule has 0 aliphatic carbocycles. The summed E-state index contributed by atoms with van der Waals surface area (Å²) in [5.74, 6) is 0.632. The van der Waals surface area contributed by atoms with Gasteiger partial charge in [0.05, 0.1) is 22.8 Å². The minimum absolute atomic E-state index is 0.119. The van der Waals surface area contributed by atoms with Gasteiger partial charge in [-0.1, -0.05) is 23.7 Å². The van der Waals surface area contributed by atoms with E-state index in [4.69, 9.17) is 17.3 Å². The average molecular weight is 356 g/mol. The van der Waals surface area contributed by atoms with Crippen LogP contribution in [0.3, 0.4) is 0 Å². The standard InChI is InChI=1S/C16H14ClN7O/c1-7(21-14-12-13(20-6-19-12)23-16(18)24-14)10-5-8-3-2-4-9(17)11(8)15(25)22-10/h2-7H,1H3,(H,22,25)(H4,18,19,20,21,23,24). The van der Waals surface area contributed by atoms with E-state index in [1.54, 1.807) is 6.07 Å². The first kappa shape index (κ1) is 15.4. The summed E-state index contributed by atoms with van der Waals surface area (Å²) in [6, 6.07) is 7.00. The number of nitrogens with zero attached hydrogens (tertiary/aromatic N) is 3. The van der Waals surface area contributed by atoms with E-state index in [2.05, 4.69) is 30.2 Å². The molecule has 1 aromatic carbocycles. The van der Waals surface area contributed by atoms with Gasteiger partial charge in [0.25, 0.3) is 5.56 Å². The summed E-state index contributed by atoms with van der Waals surface area (Å²) in [7, 11) is 0. The number of pyridine rings is 1. The second kappa shape index (κ2) is 5.75. The highest BCUT2D eigenvalue weighted by Gasteiger charge is 2.14. The number of hydrogen-bond acceptors (Lipinski definition) is 6. The number of nitrogen functional groups attached to an aromatic ring is 1. The molecule has 0 aliphatic rings. The van der Waals surface area contributed by atoms with Crippen LogP contribution in [-0.4, -0.2) is 24.9 Å². The molecule has 0 saturated carbocycles. The van der Waals surface area contributed by atoms with Crippen LogP contribution in [0.15, 0.2) is 35.4 Å². The van der Waals surface area contributed by atoms with Crippen LogP contribution in [-0.2, 0) is 0 Å². The number of halogens is 1. The van der Waals surface area contributed by atoms with Crippen molar-refractivity contribution in [2.45, 2.75) is 13.0 Å². The van der Waals surface area contributed by atoms with Gasteiger partial charge in [-0.25, -0.2) is 4.98 Å². The quantitative estimate of drug-likeness (QED) is 0.447. The molecule has 25 heavy (non-hydrogen) atoms. The van der Waals surface area contributed by atoms with Gasteiger partial charge in [0.1, 0.15) is 5.52 Å². The Hall–Kier alpha value is -3.13. The Morgan fingerprint density at radius 1 is 1.32 bits per heavy atom. The summed E-state index contributed by atoms with van der Waals surface area (Å²) >= 11 is 6.12. The summed E-state index contributed by atoms with van der Waals surface area (Å²) in [5, 5.41) is 4.90. The molecule has 1 atom stereocenters. The largest absolute Gasteiger partial charge is 0.368 e. The molecule has 3 aromatic heterocycles. The van der Waals surface area contributed by atoms with Gasteiger partial charge in [-0.2, -0.15) is 9.97 Å². The molecule has 5 N–H and O–H groups in total. The van der Waals surface area contributed by atoms with E-state index in [9.17, 15) is 4.79 Å². The number of H-pyrrole nitrogens is 2. The van der Waals surface area contributed by atoms with Crippen LogP contribution >= 0.6 is 11.6 Å². The fourth-order valence-corrected chi connectivity index (χ4v) is 3.04. The first-order chi connectivity index (χ1) is 12.0. The number of benzene rings is 1. The van der Waals surface area contributed by atoms with Gasteiger partial charge in [0, 0.05) is 5.69 Å². The first-order valence-corrected chi connectivity index (χ1v) is 7.95. The highest BCUT2D eigenvalue weighted by molar-refractivity contribution is 6.35. The minimum atomic E-state index is -0.239. The molecule has 0 spiro atoms. The van der Waals surface area contributed by atoms with Crippen molar-refractivity contribution in [1.82, 2.24) is 24.9 Å². The number of aromatic nitrogens is 5. The van der Waals surface area contributed by atoms with Crippen LogP contribution < -0.4 is 16.6 Å². The van der Waals surface area contributed by atoms with E-state index in [1.165, 1.54) is 6.33 Å². The van der Waals surface area contributed by atoms with E-state index >= 15 is 0 Å². The summed E-state index contributed by atoms with van der Waals surface area (Å²) in [6.45, 7) is 1.90. The van der Waals surface area contributed by atoms with Crippen molar-refractivity contribution in [2.75, 3.05) is 11.1 Å². The Kier molecular flexibility index (Phi) is 3.54. The highest BCUT2D eigenvalue weighted by Crippen LogP contribution is 2.25. The molecule has 0 aliphatic heterocycles. The Bertz CT molecular complexity index is 1150. The molecule has 0 saturated heterocycles. The van der Waals surface area contributed by atoms with Gasteiger partial charge < -0.3 is 21.0 Å². The van der Waals surface area contributed by atoms with Gasteiger partial charge >= 0.3 is 0 Å². The molecule has 4 aromatic rings. The van der Waals surface area contributed by atoms with Crippen molar-refractivity contribution in [3.63, 3.8) is 0 Å². The second-order valence-corrected chi connectivity index (χ2v) is 6.06. The van der Waals surface area contributed by atoms with Crippen molar-refractivity contribution < 1.29 is 0 Å². The Balaban J connectivity index is 1.76. The Morgan fingerprint density at radius 3 is 3.00 bits per heavy atom. The Morgan fingerprint density at radius 2 is 2.16 bits per heavy atom. The number of nitrogens with one attached hydrogen (secondary N) is 3. The van der Waals surface area contributed by atoms with Crippen LogP contribution in [0.4, 0.5) is 11.8 Å². The number of rotatable bonds is 3. The maximum atomic E-state index is 12.4. The third kappa shape index (κ3) is 2.66. The molecular weight excluding hydrogens is 342 g/mol. The van der Waals surface area contributed by atoms with Crippen LogP contribution in [0, 0.1) is 0 Å². The summed E-state index contributed by atoms with van der Waals surface area (Å²) in [4.78, 5) is 30.6. The van der Waals surface area contributed by atoms with Crippen LogP contribution in [0.1, 0.15) is 18.7 Å². The fourth-order valence-electron chi connectivity index (χ4n) is 2.77. The summed E-state index contributed by atoms with van der Waals surface area (Å²) in [5.41, 5.74) is 7.31. The SMILES string of the molecule is CC(Nc1nc(N)nc2nc[nH]c12)c1cc2cccc(Cl)c2c(=O)[nH]1. The third-order valence-corrected chi connectivity index (χ3v) is 4.28. The van der Waals surface area contributed by atoms with Crippen molar-refractivity contribution in [2.24, 2.45) is 0 Å². The predicted molar refractivity (Wildman–Crippen MR) is 97.7 cm³/mol. The lowest BCUT2D eigenvalue weighted by Gasteiger charge is -2.16. The van der Waals surface area contributed by atoms with Gasteiger partial charge in [-0.3, -0.25) is 4.79 Å². The minimum Gasteiger partial charge on any atom is -0.368 e. The van der Waals surface area contributed by atoms with E-state index in [-0.39, 0.29) is 17.5 Å². The normalized spacial score (nSPS) is 12.6. The van der Waals surface area contributed by atoms with Gasteiger partial charge in [0.2, 0.25) is 5.95 Å². The fraction of sp³-hybridized carbons (Fsp3) is 0.125. The van der Waals surface area contributed by atoms with E-state index in [1.807, 2.05) is 25.1 Å². The van der Waals surface area contributed by atoms with Gasteiger partial charge in [-0.15, -0.1) is 0 Å². The second-order valence-electron chi connectivity index (χ2n) is 5.66. The lowest BCUT2D eigenvalue weighted by atomic mass is 10.1. The molecule has 4 rings (SSSR count). The zero-order chi connectivity index (χ0) is 17.6. The number of anilines is 2. The lowest BCUT2D eigenvalue weighted by molar-refractivity contribution is 0.830. The number of fused-ring (bicyclic) bond motifs is 2. The van der Waals surface area contributed by atoms with Crippen molar-refractivity contribution in [3.05, 3.63) is 51.7 Å². The molecule has 126 valence electrons. The number of hydrogen-bond donors (Lipinski definition) is 4. The molecule has 0 bridgehead atoms. The molecule has 0 amide bonds. The molecule has 0 radical (unpaired) electrons. The smallest absolute Gasteiger partial charge is 0.257 e. The van der Waals surface area contributed by atoms with Crippen LogP contribution in [0.5, 0.6) is 0 Å². The van der Waals surface area contributed by atoms with Crippen LogP contribution in [0.25, 0.3) is 21.9 Å². The van der Waals surface area contributed by atoms with Gasteiger partial charge in [0.15, 0.2) is 11.5 Å². The van der Waals surface area contributed by atoms with Crippen molar-refractivity contribution >= 4 is 45.3 Å². The molecular formula is C16H14ClN7O. The van der Waals surface area contributed by atoms with Crippen LogP contribution in [0.2, 0.25) is 5.02 Å². The number of nitrogens with two attached hydrogens (primary N) is 1. The molecule has 1 unspecified atom stereocenters. The first-order valence-electron chi connectivity index (χ1n) is 7.57. The van der Waals surface area contributed by atoms with E-state index in [0.717, 1.165) is 5.39 Å². The summed E-state index contributed by atoms with van der Waals surface area (Å²) < 4.78 is 0. The molecule has 8 nitrogen and oxygen atoms in total. The number of aromatic amines is 2. The molecule has 3 heterocycles. The zero-order valence-corrected chi connectivity index (χ0v) is 13.9. The third-order valence-electron chi connectivity index (χ3n) is 3.96. The molecule has 0 fully saturated rings. The monoisotopic (exact) mass is 355 g/mol. The van der Waals surface area contributed by atoms with E-state index in [0.29, 0.717) is 33.1 Å². The zero-order valence-electron chi connectivity index (χ0n) is 13.2. The van der Waals surface area contributed by atoms with Gasteiger partial charge in [-0.05, 0) is 24.4 Å². The van der Waals surface area contributed by atoms with E-state index < -0.39 is 0 Å². The highest BCUT2D eigenvalue weighted by atomic mass is 35.5. The average Bonchev–Trinajstić information content (AvgIpc) is 3.02. The van der Waals surface area contributed by atoms with Crippen molar-refractivity contribution in [1.29, 1.82) is 0 Å². The Labute approximate surface area is 146 Å². The molecule has 9 heteroatoms. The topological polar surface area (TPSA) is 125 Å². The maximum absolute atomic E-state index is 12.4. The van der Waals surface area contributed by atoms with Crippen molar-refractivity contribution in [3.8, 4) is 0 Å². The lowest BCUT2D eigenvalue weighted by Crippen LogP contribution is -2.16. The summed E-state index contributed by atoms with van der Waals surface area (Å²) in [6.07, 6.45) is 1.52. The number of imidazole rings is 1. The predicted octanol–water partition coefficient (Wildman–Crippen LogP) is 2.60.